The van der Waals surface area contributed by atoms with E-state index in [1.165, 1.54) is 29.2 Å². The summed E-state index contributed by atoms with van der Waals surface area (Å²) in [6.45, 7) is 5.07. The summed E-state index contributed by atoms with van der Waals surface area (Å²) in [6, 6.07) is 17.2. The SMILES string of the molecule is CCCCCOc1cc(CCc2cccc3ccccc23)ncc1C.Cl. The predicted molar refractivity (Wildman–Crippen MR) is 113 cm³/mol. The third-order valence-corrected chi connectivity index (χ3v) is 4.65. The molecular formula is C23H28ClNO. The highest BCUT2D eigenvalue weighted by Gasteiger charge is 2.06. The first-order valence-corrected chi connectivity index (χ1v) is 9.33. The zero-order chi connectivity index (χ0) is 17.5. The first-order chi connectivity index (χ1) is 12.3. The number of hydrogen-bond acceptors (Lipinski definition) is 2. The third kappa shape index (κ3) is 5.22. The lowest BCUT2D eigenvalue weighted by Crippen LogP contribution is -2.02. The summed E-state index contributed by atoms with van der Waals surface area (Å²) < 4.78 is 5.96. The highest BCUT2D eigenvalue weighted by Crippen LogP contribution is 2.22. The van der Waals surface area contributed by atoms with Crippen LogP contribution in [0.4, 0.5) is 0 Å². The number of halogens is 1. The Labute approximate surface area is 163 Å². The molecule has 0 fully saturated rings. The minimum Gasteiger partial charge on any atom is -0.493 e. The van der Waals surface area contributed by atoms with Crippen LogP contribution in [0.3, 0.4) is 0 Å². The van der Waals surface area contributed by atoms with Crippen molar-refractivity contribution in [2.75, 3.05) is 6.61 Å². The van der Waals surface area contributed by atoms with Gasteiger partial charge in [-0.05, 0) is 42.5 Å². The van der Waals surface area contributed by atoms with Crippen LogP contribution in [0.15, 0.2) is 54.7 Å². The number of benzene rings is 2. The van der Waals surface area contributed by atoms with Gasteiger partial charge in [0.05, 0.1) is 6.61 Å². The predicted octanol–water partition coefficient (Wildman–Crippen LogP) is 6.32. The first kappa shape index (κ1) is 20.3. The molecular weight excluding hydrogens is 342 g/mol. The van der Waals surface area contributed by atoms with Crippen molar-refractivity contribution >= 4 is 23.2 Å². The minimum absolute atomic E-state index is 0. The summed E-state index contributed by atoms with van der Waals surface area (Å²) in [7, 11) is 0. The van der Waals surface area contributed by atoms with Gasteiger partial charge in [0.15, 0.2) is 0 Å². The van der Waals surface area contributed by atoms with Crippen LogP contribution in [0.1, 0.15) is 43.0 Å². The summed E-state index contributed by atoms with van der Waals surface area (Å²) >= 11 is 0. The van der Waals surface area contributed by atoms with Crippen LogP contribution >= 0.6 is 12.4 Å². The van der Waals surface area contributed by atoms with E-state index in [9.17, 15) is 0 Å². The topological polar surface area (TPSA) is 22.1 Å². The fraction of sp³-hybridized carbons (Fsp3) is 0.348. The zero-order valence-electron chi connectivity index (χ0n) is 15.7. The Kier molecular flexibility index (Phi) is 7.93. The molecule has 3 aromatic rings. The normalized spacial score (nSPS) is 10.5. The van der Waals surface area contributed by atoms with Crippen LogP contribution in [0.5, 0.6) is 5.75 Å². The van der Waals surface area contributed by atoms with E-state index in [1.807, 2.05) is 6.20 Å². The number of unbranched alkanes of at least 4 members (excludes halogenated alkanes) is 2. The second kappa shape index (κ2) is 10.2. The third-order valence-electron chi connectivity index (χ3n) is 4.65. The fourth-order valence-corrected chi connectivity index (χ4v) is 3.15. The summed E-state index contributed by atoms with van der Waals surface area (Å²) in [5, 5.41) is 2.64. The molecule has 26 heavy (non-hydrogen) atoms. The summed E-state index contributed by atoms with van der Waals surface area (Å²) in [5.74, 6) is 0.985. The van der Waals surface area contributed by atoms with Gasteiger partial charge in [-0.3, -0.25) is 4.98 Å². The molecule has 0 aliphatic heterocycles. The molecule has 0 aliphatic carbocycles. The number of rotatable bonds is 8. The molecule has 0 atom stereocenters. The van der Waals surface area contributed by atoms with Crippen molar-refractivity contribution in [3.05, 3.63) is 71.5 Å². The molecule has 0 radical (unpaired) electrons. The standard InChI is InChI=1S/C23H27NO.ClH/c1-3-4-7-15-25-23-16-21(24-17-18(23)2)14-13-20-11-8-10-19-9-5-6-12-22(19)20;/h5-6,8-12,16-17H,3-4,7,13-15H2,1-2H3;1H. The molecule has 1 aromatic heterocycles. The molecule has 3 heteroatoms. The maximum Gasteiger partial charge on any atom is 0.125 e. The number of fused-ring (bicyclic) bond motifs is 1. The van der Waals surface area contributed by atoms with Gasteiger partial charge < -0.3 is 4.74 Å². The number of aryl methyl sites for hydroxylation is 3. The highest BCUT2D eigenvalue weighted by atomic mass is 35.5. The molecule has 0 saturated heterocycles. The second-order valence-corrected chi connectivity index (χ2v) is 6.63. The van der Waals surface area contributed by atoms with Crippen molar-refractivity contribution in [1.82, 2.24) is 4.98 Å². The van der Waals surface area contributed by atoms with Gasteiger partial charge >= 0.3 is 0 Å². The van der Waals surface area contributed by atoms with Crippen molar-refractivity contribution in [3.8, 4) is 5.75 Å². The fourth-order valence-electron chi connectivity index (χ4n) is 3.15. The van der Waals surface area contributed by atoms with Crippen molar-refractivity contribution in [1.29, 1.82) is 0 Å². The monoisotopic (exact) mass is 369 g/mol. The van der Waals surface area contributed by atoms with E-state index in [-0.39, 0.29) is 12.4 Å². The van der Waals surface area contributed by atoms with E-state index in [0.29, 0.717) is 0 Å². The van der Waals surface area contributed by atoms with Crippen molar-refractivity contribution < 1.29 is 4.74 Å². The molecule has 0 spiro atoms. The van der Waals surface area contributed by atoms with Crippen molar-refractivity contribution in [2.45, 2.75) is 46.0 Å². The quantitative estimate of drug-likeness (QED) is 0.433. The molecule has 1 heterocycles. The van der Waals surface area contributed by atoms with E-state index in [2.05, 4.69) is 67.4 Å². The van der Waals surface area contributed by atoms with Gasteiger partial charge in [0, 0.05) is 23.5 Å². The molecule has 0 saturated carbocycles. The van der Waals surface area contributed by atoms with Gasteiger partial charge in [-0.2, -0.15) is 0 Å². The smallest absolute Gasteiger partial charge is 0.125 e. The van der Waals surface area contributed by atoms with Gasteiger partial charge in [-0.1, -0.05) is 62.2 Å². The molecule has 0 N–H and O–H groups in total. The van der Waals surface area contributed by atoms with E-state index in [1.54, 1.807) is 0 Å². The Morgan fingerprint density at radius 1 is 0.962 bits per heavy atom. The molecule has 0 aliphatic rings. The van der Waals surface area contributed by atoms with Crippen molar-refractivity contribution in [2.24, 2.45) is 0 Å². The molecule has 2 nitrogen and oxygen atoms in total. The summed E-state index contributed by atoms with van der Waals surface area (Å²) in [5.41, 5.74) is 3.60. The Balaban J connectivity index is 0.00000243. The van der Waals surface area contributed by atoms with Crippen LogP contribution in [0.2, 0.25) is 0 Å². The average Bonchev–Trinajstić information content (AvgIpc) is 2.65. The van der Waals surface area contributed by atoms with E-state index >= 15 is 0 Å². The zero-order valence-corrected chi connectivity index (χ0v) is 16.5. The lowest BCUT2D eigenvalue weighted by Gasteiger charge is -2.11. The van der Waals surface area contributed by atoms with Gasteiger partial charge in [0.1, 0.15) is 5.75 Å². The summed E-state index contributed by atoms with van der Waals surface area (Å²) in [4.78, 5) is 4.60. The lowest BCUT2D eigenvalue weighted by molar-refractivity contribution is 0.303. The van der Waals surface area contributed by atoms with Crippen molar-refractivity contribution in [3.63, 3.8) is 0 Å². The average molecular weight is 370 g/mol. The number of ether oxygens (including phenoxy) is 1. The molecule has 3 rings (SSSR count). The van der Waals surface area contributed by atoms with Crippen LogP contribution in [-0.4, -0.2) is 11.6 Å². The van der Waals surface area contributed by atoms with E-state index in [0.717, 1.165) is 42.9 Å². The molecule has 138 valence electrons. The second-order valence-electron chi connectivity index (χ2n) is 6.63. The Bertz CT molecular complexity index is 826. The van der Waals surface area contributed by atoms with Gasteiger partial charge in [0.25, 0.3) is 0 Å². The molecule has 0 amide bonds. The van der Waals surface area contributed by atoms with Gasteiger partial charge in [0.2, 0.25) is 0 Å². The summed E-state index contributed by atoms with van der Waals surface area (Å²) in [6.07, 6.45) is 7.41. The number of aromatic nitrogens is 1. The van der Waals surface area contributed by atoms with Crippen LogP contribution in [-0.2, 0) is 12.8 Å². The minimum atomic E-state index is 0. The van der Waals surface area contributed by atoms with Gasteiger partial charge in [-0.25, -0.2) is 0 Å². The maximum atomic E-state index is 5.96. The molecule has 2 aromatic carbocycles. The van der Waals surface area contributed by atoms with E-state index < -0.39 is 0 Å². The number of pyridine rings is 1. The largest absolute Gasteiger partial charge is 0.493 e. The lowest BCUT2D eigenvalue weighted by atomic mass is 10.00. The van der Waals surface area contributed by atoms with Crippen LogP contribution in [0.25, 0.3) is 10.8 Å². The Morgan fingerprint density at radius 3 is 2.62 bits per heavy atom. The highest BCUT2D eigenvalue weighted by molar-refractivity contribution is 5.86. The molecule has 0 unspecified atom stereocenters. The van der Waals surface area contributed by atoms with Crippen LogP contribution < -0.4 is 4.74 Å². The first-order valence-electron chi connectivity index (χ1n) is 9.33. The number of nitrogens with zero attached hydrogens (tertiary/aromatic N) is 1. The maximum absolute atomic E-state index is 5.96. The molecule has 0 bridgehead atoms. The Morgan fingerprint density at radius 2 is 1.77 bits per heavy atom. The Hall–Kier alpha value is -2.06. The van der Waals surface area contributed by atoms with Gasteiger partial charge in [-0.15, -0.1) is 12.4 Å². The number of hydrogen-bond donors (Lipinski definition) is 0. The van der Waals surface area contributed by atoms with E-state index in [4.69, 9.17) is 4.74 Å². The van der Waals surface area contributed by atoms with Crippen LogP contribution in [0, 0.1) is 6.92 Å².